The number of aliphatic hydroxyl groups excluding tert-OH is 1. The molecule has 0 radical (unpaired) electrons. The van der Waals surface area contributed by atoms with E-state index in [0.717, 1.165) is 4.47 Å². The molecule has 0 aliphatic rings. The van der Waals surface area contributed by atoms with Gasteiger partial charge in [-0.05, 0) is 34.5 Å². The molecule has 1 aromatic heterocycles. The fourth-order valence-corrected chi connectivity index (χ4v) is 2.04. The summed E-state index contributed by atoms with van der Waals surface area (Å²) in [7, 11) is 0. The van der Waals surface area contributed by atoms with Gasteiger partial charge in [0.25, 0.3) is 0 Å². The summed E-state index contributed by atoms with van der Waals surface area (Å²) in [6.45, 7) is 1.90. The molecule has 1 aromatic carbocycles. The van der Waals surface area contributed by atoms with E-state index in [1.165, 1.54) is 4.68 Å². The summed E-state index contributed by atoms with van der Waals surface area (Å²) in [6.07, 6.45) is 1.49. The molecule has 2 N–H and O–H groups in total. The molecule has 6 nitrogen and oxygen atoms in total. The van der Waals surface area contributed by atoms with Crippen molar-refractivity contribution in [1.29, 1.82) is 0 Å². The van der Waals surface area contributed by atoms with Crippen molar-refractivity contribution in [2.75, 3.05) is 5.32 Å². The molecule has 0 saturated carbocycles. The standard InChI is InChI=1S/C13H15BrN4O2/c1-2-12(19)11-7-18(17-16-11)8-13(20)15-10-6-4-3-5-9(10)14/h3-7,12,19H,2,8H2,1H3,(H,15,20). The van der Waals surface area contributed by atoms with Crippen LogP contribution in [-0.2, 0) is 11.3 Å². The van der Waals surface area contributed by atoms with E-state index in [1.54, 1.807) is 12.3 Å². The fraction of sp³-hybridized carbons (Fsp3) is 0.308. The summed E-state index contributed by atoms with van der Waals surface area (Å²) in [4.78, 5) is 11.9. The van der Waals surface area contributed by atoms with Crippen LogP contribution in [0.2, 0.25) is 0 Å². The summed E-state index contributed by atoms with van der Waals surface area (Å²) in [5.74, 6) is -0.209. The van der Waals surface area contributed by atoms with E-state index in [2.05, 4.69) is 31.6 Å². The minimum absolute atomic E-state index is 0.0464. The molecule has 1 atom stereocenters. The number of hydrogen-bond acceptors (Lipinski definition) is 4. The zero-order valence-electron chi connectivity index (χ0n) is 11.0. The Bertz CT molecular complexity index is 600. The van der Waals surface area contributed by atoms with E-state index >= 15 is 0 Å². The van der Waals surface area contributed by atoms with Crippen molar-refractivity contribution in [2.45, 2.75) is 26.0 Å². The van der Waals surface area contributed by atoms with E-state index < -0.39 is 6.10 Å². The number of amides is 1. The third kappa shape index (κ3) is 3.64. The summed E-state index contributed by atoms with van der Waals surface area (Å²) >= 11 is 3.36. The molecule has 1 heterocycles. The van der Waals surface area contributed by atoms with E-state index in [-0.39, 0.29) is 12.5 Å². The molecule has 106 valence electrons. The van der Waals surface area contributed by atoms with Crippen LogP contribution >= 0.6 is 15.9 Å². The minimum atomic E-state index is -0.643. The average Bonchev–Trinajstić information content (AvgIpc) is 2.89. The van der Waals surface area contributed by atoms with Gasteiger partial charge < -0.3 is 10.4 Å². The van der Waals surface area contributed by atoms with Gasteiger partial charge in [-0.2, -0.15) is 0 Å². The number of aliphatic hydroxyl groups is 1. The number of nitrogens with one attached hydrogen (secondary N) is 1. The molecule has 0 fully saturated rings. The Morgan fingerprint density at radius 2 is 2.25 bits per heavy atom. The molecule has 1 amide bonds. The Morgan fingerprint density at radius 3 is 2.95 bits per heavy atom. The molecular weight excluding hydrogens is 324 g/mol. The van der Waals surface area contributed by atoms with E-state index in [0.29, 0.717) is 17.8 Å². The van der Waals surface area contributed by atoms with Gasteiger partial charge in [0, 0.05) is 4.47 Å². The van der Waals surface area contributed by atoms with Crippen molar-refractivity contribution in [2.24, 2.45) is 0 Å². The monoisotopic (exact) mass is 338 g/mol. The number of carbonyl (C=O) groups excluding carboxylic acids is 1. The van der Waals surface area contributed by atoms with Crippen LogP contribution in [0.3, 0.4) is 0 Å². The Balaban J connectivity index is 1.98. The molecule has 0 spiro atoms. The summed E-state index contributed by atoms with van der Waals surface area (Å²) in [5.41, 5.74) is 1.17. The summed E-state index contributed by atoms with van der Waals surface area (Å²) in [5, 5.41) is 20.1. The molecule has 0 bridgehead atoms. The van der Waals surface area contributed by atoms with Crippen LogP contribution in [0.25, 0.3) is 0 Å². The smallest absolute Gasteiger partial charge is 0.246 e. The topological polar surface area (TPSA) is 80.0 Å². The van der Waals surface area contributed by atoms with Gasteiger partial charge >= 0.3 is 0 Å². The second-order valence-electron chi connectivity index (χ2n) is 4.29. The molecule has 20 heavy (non-hydrogen) atoms. The van der Waals surface area contributed by atoms with Crippen molar-refractivity contribution in [1.82, 2.24) is 15.0 Å². The first-order chi connectivity index (χ1) is 9.60. The highest BCUT2D eigenvalue weighted by atomic mass is 79.9. The first-order valence-corrected chi connectivity index (χ1v) is 7.02. The van der Waals surface area contributed by atoms with Crippen LogP contribution in [0.15, 0.2) is 34.9 Å². The van der Waals surface area contributed by atoms with Crippen LogP contribution in [0, 0.1) is 0 Å². The fourth-order valence-electron chi connectivity index (χ4n) is 1.65. The van der Waals surface area contributed by atoms with Crippen LogP contribution in [-0.4, -0.2) is 26.0 Å². The van der Waals surface area contributed by atoms with Gasteiger partial charge in [0.15, 0.2) is 0 Å². The van der Waals surface area contributed by atoms with Crippen LogP contribution < -0.4 is 5.32 Å². The van der Waals surface area contributed by atoms with E-state index in [9.17, 15) is 9.90 Å². The highest BCUT2D eigenvalue weighted by Gasteiger charge is 2.12. The second kappa shape index (κ2) is 6.62. The van der Waals surface area contributed by atoms with Crippen LogP contribution in [0.1, 0.15) is 25.1 Å². The Hall–Kier alpha value is -1.73. The van der Waals surface area contributed by atoms with Crippen molar-refractivity contribution in [3.05, 3.63) is 40.6 Å². The molecule has 2 rings (SSSR count). The zero-order chi connectivity index (χ0) is 14.5. The first kappa shape index (κ1) is 14.7. The molecule has 0 aliphatic heterocycles. The molecular formula is C13H15BrN4O2. The number of nitrogens with zero attached hydrogens (tertiary/aromatic N) is 3. The maximum absolute atomic E-state index is 11.9. The summed E-state index contributed by atoms with van der Waals surface area (Å²) < 4.78 is 2.22. The van der Waals surface area contributed by atoms with Crippen molar-refractivity contribution < 1.29 is 9.90 Å². The largest absolute Gasteiger partial charge is 0.387 e. The normalized spacial score (nSPS) is 12.2. The summed E-state index contributed by atoms with van der Waals surface area (Å²) in [6, 6.07) is 7.36. The lowest BCUT2D eigenvalue weighted by Crippen LogP contribution is -2.19. The maximum atomic E-state index is 11.9. The number of aromatic nitrogens is 3. The van der Waals surface area contributed by atoms with Gasteiger partial charge in [0.05, 0.1) is 18.0 Å². The molecule has 7 heteroatoms. The van der Waals surface area contributed by atoms with Gasteiger partial charge in [0.1, 0.15) is 12.2 Å². The van der Waals surface area contributed by atoms with Gasteiger partial charge in [0.2, 0.25) is 5.91 Å². The van der Waals surface area contributed by atoms with Crippen LogP contribution in [0.5, 0.6) is 0 Å². The Morgan fingerprint density at radius 1 is 1.50 bits per heavy atom. The number of rotatable bonds is 5. The molecule has 1 unspecified atom stereocenters. The third-order valence-corrected chi connectivity index (χ3v) is 3.43. The SMILES string of the molecule is CCC(O)c1cn(CC(=O)Nc2ccccc2Br)nn1. The lowest BCUT2D eigenvalue weighted by Gasteiger charge is -2.06. The third-order valence-electron chi connectivity index (χ3n) is 2.74. The van der Waals surface area contributed by atoms with Crippen LogP contribution in [0.4, 0.5) is 5.69 Å². The van der Waals surface area contributed by atoms with Gasteiger partial charge in [-0.25, -0.2) is 4.68 Å². The Kier molecular flexibility index (Phi) is 4.86. The van der Waals surface area contributed by atoms with Crippen molar-refractivity contribution in [3.63, 3.8) is 0 Å². The predicted octanol–water partition coefficient (Wildman–Crippen LogP) is 2.12. The Labute approximate surface area is 124 Å². The van der Waals surface area contributed by atoms with E-state index in [4.69, 9.17) is 0 Å². The zero-order valence-corrected chi connectivity index (χ0v) is 12.5. The van der Waals surface area contributed by atoms with Gasteiger partial charge in [-0.1, -0.05) is 24.3 Å². The van der Waals surface area contributed by atoms with Crippen molar-refractivity contribution >= 4 is 27.5 Å². The number of halogens is 1. The average molecular weight is 339 g/mol. The van der Waals surface area contributed by atoms with E-state index in [1.807, 2.05) is 25.1 Å². The first-order valence-electron chi connectivity index (χ1n) is 6.22. The van der Waals surface area contributed by atoms with Crippen molar-refractivity contribution in [3.8, 4) is 0 Å². The lowest BCUT2D eigenvalue weighted by atomic mass is 10.2. The maximum Gasteiger partial charge on any atom is 0.246 e. The number of para-hydroxylation sites is 1. The number of hydrogen-bond donors (Lipinski definition) is 2. The van der Waals surface area contributed by atoms with Gasteiger partial charge in [-0.15, -0.1) is 5.10 Å². The number of carbonyl (C=O) groups is 1. The second-order valence-corrected chi connectivity index (χ2v) is 5.15. The highest BCUT2D eigenvalue weighted by molar-refractivity contribution is 9.10. The molecule has 0 aliphatic carbocycles. The van der Waals surface area contributed by atoms with Gasteiger partial charge in [-0.3, -0.25) is 4.79 Å². The minimum Gasteiger partial charge on any atom is -0.387 e. The highest BCUT2D eigenvalue weighted by Crippen LogP contribution is 2.21. The molecule has 0 saturated heterocycles. The number of anilines is 1. The lowest BCUT2D eigenvalue weighted by molar-refractivity contribution is -0.116. The predicted molar refractivity (Wildman–Crippen MR) is 78.0 cm³/mol. The number of benzene rings is 1. The quantitative estimate of drug-likeness (QED) is 0.875. The molecule has 2 aromatic rings.